The summed E-state index contributed by atoms with van der Waals surface area (Å²) in [5.41, 5.74) is 0.573. The number of piperidine rings is 1. The number of likely N-dealkylation sites (tertiary alicyclic amines) is 1. The quantitative estimate of drug-likeness (QED) is 0.778. The third-order valence-corrected chi connectivity index (χ3v) is 3.42. The monoisotopic (exact) mass is 213 g/mol. The summed E-state index contributed by atoms with van der Waals surface area (Å²) in [5, 5.41) is 9.37. The molecule has 1 heterocycles. The number of aliphatic hydroxyl groups is 1. The fourth-order valence-electron chi connectivity index (χ4n) is 2.24. The molecule has 0 amide bonds. The summed E-state index contributed by atoms with van der Waals surface area (Å²) in [6.45, 7) is 12.9. The summed E-state index contributed by atoms with van der Waals surface area (Å²) < 4.78 is 0. The van der Waals surface area contributed by atoms with E-state index in [0.29, 0.717) is 12.0 Å². The van der Waals surface area contributed by atoms with Gasteiger partial charge < -0.3 is 10.0 Å². The molecule has 1 fully saturated rings. The van der Waals surface area contributed by atoms with Gasteiger partial charge in [-0.3, -0.25) is 0 Å². The Labute approximate surface area is 94.7 Å². The van der Waals surface area contributed by atoms with Crippen molar-refractivity contribution >= 4 is 0 Å². The van der Waals surface area contributed by atoms with Crippen LogP contribution in [0.1, 0.15) is 47.0 Å². The molecule has 0 radical (unpaired) electrons. The van der Waals surface area contributed by atoms with E-state index in [1.807, 2.05) is 0 Å². The zero-order valence-corrected chi connectivity index (χ0v) is 10.8. The van der Waals surface area contributed by atoms with Crippen molar-refractivity contribution in [2.75, 3.05) is 26.2 Å². The van der Waals surface area contributed by atoms with Crippen molar-refractivity contribution in [3.05, 3.63) is 0 Å². The minimum atomic E-state index is 0.149. The number of hydrogen-bond donors (Lipinski definition) is 1. The normalized spacial score (nSPS) is 29.4. The molecule has 0 aromatic rings. The smallest absolute Gasteiger partial charge is 0.0497 e. The van der Waals surface area contributed by atoms with Gasteiger partial charge in [-0.1, -0.05) is 27.7 Å². The SMILES string of the molecule is CC(C)(C)CCN1CCCC(C)(CO)C1. The summed E-state index contributed by atoms with van der Waals surface area (Å²) in [6.07, 6.45) is 3.66. The van der Waals surface area contributed by atoms with Crippen LogP contribution in [0.2, 0.25) is 0 Å². The van der Waals surface area contributed by atoms with Gasteiger partial charge in [-0.05, 0) is 37.8 Å². The minimum Gasteiger partial charge on any atom is -0.396 e. The molecule has 0 spiro atoms. The van der Waals surface area contributed by atoms with Gasteiger partial charge in [-0.25, -0.2) is 0 Å². The molecule has 0 saturated carbocycles. The van der Waals surface area contributed by atoms with E-state index in [4.69, 9.17) is 0 Å². The van der Waals surface area contributed by atoms with Gasteiger partial charge in [-0.15, -0.1) is 0 Å². The molecule has 1 atom stereocenters. The average Bonchev–Trinajstić information content (AvgIpc) is 2.14. The predicted molar refractivity (Wildman–Crippen MR) is 64.9 cm³/mol. The maximum atomic E-state index is 9.37. The maximum Gasteiger partial charge on any atom is 0.0497 e. The van der Waals surface area contributed by atoms with Crippen molar-refractivity contribution in [1.29, 1.82) is 0 Å². The van der Waals surface area contributed by atoms with E-state index in [0.717, 1.165) is 6.54 Å². The van der Waals surface area contributed by atoms with E-state index < -0.39 is 0 Å². The first-order valence-corrected chi connectivity index (χ1v) is 6.18. The van der Waals surface area contributed by atoms with Gasteiger partial charge in [0.25, 0.3) is 0 Å². The topological polar surface area (TPSA) is 23.5 Å². The van der Waals surface area contributed by atoms with E-state index >= 15 is 0 Å². The molecule has 15 heavy (non-hydrogen) atoms. The summed E-state index contributed by atoms with van der Waals surface area (Å²) >= 11 is 0. The van der Waals surface area contributed by atoms with E-state index in [1.54, 1.807) is 0 Å². The van der Waals surface area contributed by atoms with Crippen LogP contribution in [0, 0.1) is 10.8 Å². The van der Waals surface area contributed by atoms with Crippen LogP contribution in [0.25, 0.3) is 0 Å². The molecule has 1 aliphatic rings. The minimum absolute atomic E-state index is 0.149. The Hall–Kier alpha value is -0.0800. The van der Waals surface area contributed by atoms with E-state index in [1.165, 1.54) is 32.4 Å². The van der Waals surface area contributed by atoms with Gasteiger partial charge >= 0.3 is 0 Å². The lowest BCUT2D eigenvalue weighted by atomic mass is 9.82. The second-order valence-corrected chi connectivity index (χ2v) is 6.66. The van der Waals surface area contributed by atoms with Crippen LogP contribution in [-0.2, 0) is 0 Å². The molecule has 0 bridgehead atoms. The lowest BCUT2D eigenvalue weighted by molar-refractivity contribution is 0.0419. The van der Waals surface area contributed by atoms with Crippen LogP contribution in [0.4, 0.5) is 0 Å². The van der Waals surface area contributed by atoms with Gasteiger partial charge in [0, 0.05) is 18.6 Å². The molecule has 0 aliphatic carbocycles. The molecular weight excluding hydrogens is 186 g/mol. The van der Waals surface area contributed by atoms with Crippen molar-refractivity contribution in [2.45, 2.75) is 47.0 Å². The van der Waals surface area contributed by atoms with Crippen molar-refractivity contribution in [3.63, 3.8) is 0 Å². The van der Waals surface area contributed by atoms with Gasteiger partial charge in [0.2, 0.25) is 0 Å². The van der Waals surface area contributed by atoms with E-state index in [2.05, 4.69) is 32.6 Å². The van der Waals surface area contributed by atoms with Crippen molar-refractivity contribution in [1.82, 2.24) is 4.90 Å². The molecule has 90 valence electrons. The van der Waals surface area contributed by atoms with Crippen LogP contribution in [0.3, 0.4) is 0 Å². The predicted octanol–water partition coefficient (Wildman–Crippen LogP) is 2.52. The Bertz CT molecular complexity index is 197. The summed E-state index contributed by atoms with van der Waals surface area (Å²) in [5.74, 6) is 0. The third-order valence-electron chi connectivity index (χ3n) is 3.42. The average molecular weight is 213 g/mol. The van der Waals surface area contributed by atoms with Crippen LogP contribution in [0.15, 0.2) is 0 Å². The molecule has 2 heteroatoms. The van der Waals surface area contributed by atoms with Crippen LogP contribution in [-0.4, -0.2) is 36.2 Å². The molecule has 1 aliphatic heterocycles. The van der Waals surface area contributed by atoms with Crippen molar-refractivity contribution in [2.24, 2.45) is 10.8 Å². The van der Waals surface area contributed by atoms with Crippen LogP contribution >= 0.6 is 0 Å². The molecule has 1 unspecified atom stereocenters. The molecule has 1 N–H and O–H groups in total. The highest BCUT2D eigenvalue weighted by Crippen LogP contribution is 2.29. The molecule has 0 aromatic heterocycles. The Kier molecular flexibility index (Phi) is 4.19. The second kappa shape index (κ2) is 4.84. The Morgan fingerprint density at radius 3 is 2.53 bits per heavy atom. The van der Waals surface area contributed by atoms with E-state index in [9.17, 15) is 5.11 Å². The highest BCUT2D eigenvalue weighted by Gasteiger charge is 2.30. The molecule has 1 rings (SSSR count). The highest BCUT2D eigenvalue weighted by atomic mass is 16.3. The second-order valence-electron chi connectivity index (χ2n) is 6.66. The first-order valence-electron chi connectivity index (χ1n) is 6.18. The van der Waals surface area contributed by atoms with Crippen molar-refractivity contribution < 1.29 is 5.11 Å². The zero-order valence-electron chi connectivity index (χ0n) is 10.8. The Morgan fingerprint density at radius 1 is 1.33 bits per heavy atom. The van der Waals surface area contributed by atoms with Gasteiger partial charge in [0.1, 0.15) is 0 Å². The number of nitrogens with zero attached hydrogens (tertiary/aromatic N) is 1. The number of aliphatic hydroxyl groups excluding tert-OH is 1. The lowest BCUT2D eigenvalue weighted by Gasteiger charge is -2.40. The van der Waals surface area contributed by atoms with Crippen molar-refractivity contribution in [3.8, 4) is 0 Å². The molecule has 0 aromatic carbocycles. The fourth-order valence-corrected chi connectivity index (χ4v) is 2.24. The molecule has 1 saturated heterocycles. The first kappa shape index (κ1) is 13.0. The zero-order chi connectivity index (χ0) is 11.5. The summed E-state index contributed by atoms with van der Waals surface area (Å²) in [6, 6.07) is 0. The Morgan fingerprint density at radius 2 is 2.00 bits per heavy atom. The third kappa shape index (κ3) is 4.52. The maximum absolute atomic E-state index is 9.37. The lowest BCUT2D eigenvalue weighted by Crippen LogP contribution is -2.44. The Balaban J connectivity index is 2.37. The van der Waals surface area contributed by atoms with Gasteiger partial charge in [0.05, 0.1) is 0 Å². The van der Waals surface area contributed by atoms with Gasteiger partial charge in [-0.2, -0.15) is 0 Å². The van der Waals surface area contributed by atoms with Crippen LogP contribution < -0.4 is 0 Å². The summed E-state index contributed by atoms with van der Waals surface area (Å²) in [4.78, 5) is 2.52. The van der Waals surface area contributed by atoms with E-state index in [-0.39, 0.29) is 5.41 Å². The summed E-state index contributed by atoms with van der Waals surface area (Å²) in [7, 11) is 0. The molecule has 2 nitrogen and oxygen atoms in total. The molecular formula is C13H27NO. The standard InChI is InChI=1S/C13H27NO/c1-12(2,3)7-9-14-8-5-6-13(4,10-14)11-15/h15H,5-11H2,1-4H3. The fraction of sp³-hybridized carbons (Fsp3) is 1.00. The number of hydrogen-bond acceptors (Lipinski definition) is 2. The largest absolute Gasteiger partial charge is 0.396 e. The number of rotatable bonds is 3. The highest BCUT2D eigenvalue weighted by molar-refractivity contribution is 4.83. The van der Waals surface area contributed by atoms with Crippen LogP contribution in [0.5, 0.6) is 0 Å². The van der Waals surface area contributed by atoms with Gasteiger partial charge in [0.15, 0.2) is 0 Å². The first-order chi connectivity index (χ1) is 6.85.